The topological polar surface area (TPSA) is 66.5 Å². The molecule has 0 aromatic heterocycles. The lowest BCUT2D eigenvalue weighted by molar-refractivity contribution is -0.135. The number of ketones is 1. The van der Waals surface area contributed by atoms with E-state index in [1.807, 2.05) is 6.92 Å². The van der Waals surface area contributed by atoms with E-state index in [1.165, 1.54) is 6.92 Å². The molecule has 22 heavy (non-hydrogen) atoms. The zero-order valence-corrected chi connectivity index (χ0v) is 13.4. The Labute approximate surface area is 133 Å². The minimum Gasteiger partial charge on any atom is -0.324 e. The maximum atomic E-state index is 12.5. The Hall–Kier alpha value is -1.82. The zero-order chi connectivity index (χ0) is 15.9. The van der Waals surface area contributed by atoms with Crippen LogP contribution in [-0.2, 0) is 9.59 Å². The number of nitrogens with zero attached hydrogens (tertiary/aromatic N) is 1. The molecule has 2 aliphatic rings. The summed E-state index contributed by atoms with van der Waals surface area (Å²) in [5.74, 6) is 0.424. The van der Waals surface area contributed by atoms with Crippen LogP contribution in [0.5, 0.6) is 0 Å². The molecular weight excluding hydrogens is 300 g/mol. The first-order valence-electron chi connectivity index (χ1n) is 7.29. The lowest BCUT2D eigenvalue weighted by Crippen LogP contribution is -2.48. The monoisotopic (exact) mass is 318 g/mol. The summed E-state index contributed by atoms with van der Waals surface area (Å²) in [5.41, 5.74) is 1.14. The summed E-state index contributed by atoms with van der Waals surface area (Å²) in [6, 6.07) is 6.42. The van der Waals surface area contributed by atoms with E-state index in [0.29, 0.717) is 23.4 Å². The van der Waals surface area contributed by atoms with Crippen molar-refractivity contribution in [3.8, 4) is 0 Å². The van der Waals surface area contributed by atoms with Crippen molar-refractivity contribution in [2.24, 2.45) is 0 Å². The highest BCUT2D eigenvalue weighted by molar-refractivity contribution is 8.01. The van der Waals surface area contributed by atoms with E-state index in [9.17, 15) is 14.4 Å². The standard InChI is InChI=1S/C16H18N2O3S/c1-10(19)11-4-3-5-12(8-11)17-15(21)13-9-22-16(2)7-6-14(20)18(13)16/h3-5,8,13H,6-7,9H2,1-2H3,(H,17,21)/t13-,16-/m1/s1. The van der Waals surface area contributed by atoms with E-state index in [-0.39, 0.29) is 22.5 Å². The van der Waals surface area contributed by atoms with Crippen LogP contribution in [0.2, 0.25) is 0 Å². The number of anilines is 1. The third-order valence-electron chi connectivity index (χ3n) is 4.28. The van der Waals surface area contributed by atoms with Crippen LogP contribution in [0.25, 0.3) is 0 Å². The molecule has 3 rings (SSSR count). The molecule has 2 atom stereocenters. The molecule has 1 aromatic rings. The van der Waals surface area contributed by atoms with Crippen molar-refractivity contribution in [2.75, 3.05) is 11.1 Å². The van der Waals surface area contributed by atoms with Crippen molar-refractivity contribution >= 4 is 35.0 Å². The Balaban J connectivity index is 1.77. The van der Waals surface area contributed by atoms with Gasteiger partial charge < -0.3 is 10.2 Å². The largest absolute Gasteiger partial charge is 0.324 e. The second-order valence-corrected chi connectivity index (χ2v) is 7.39. The van der Waals surface area contributed by atoms with Crippen molar-refractivity contribution in [1.82, 2.24) is 4.90 Å². The average molecular weight is 318 g/mol. The normalized spacial score (nSPS) is 26.9. The number of amides is 2. The maximum Gasteiger partial charge on any atom is 0.248 e. The third-order valence-corrected chi connectivity index (χ3v) is 5.79. The Bertz CT molecular complexity index is 661. The number of hydrogen-bond donors (Lipinski definition) is 1. The van der Waals surface area contributed by atoms with E-state index >= 15 is 0 Å². The first-order chi connectivity index (χ1) is 10.4. The molecular formula is C16H18N2O3S. The number of Topliss-reactive ketones (excluding diaryl/α,β-unsaturated/α-hetero) is 1. The Kier molecular flexibility index (Phi) is 3.72. The van der Waals surface area contributed by atoms with E-state index in [1.54, 1.807) is 40.9 Å². The van der Waals surface area contributed by atoms with Crippen molar-refractivity contribution in [1.29, 1.82) is 0 Å². The van der Waals surface area contributed by atoms with Gasteiger partial charge in [0.15, 0.2) is 5.78 Å². The summed E-state index contributed by atoms with van der Waals surface area (Å²) in [7, 11) is 0. The molecule has 0 aliphatic carbocycles. The number of rotatable bonds is 3. The second kappa shape index (κ2) is 5.43. The van der Waals surface area contributed by atoms with E-state index in [0.717, 1.165) is 6.42 Å². The van der Waals surface area contributed by atoms with Crippen LogP contribution in [0.4, 0.5) is 5.69 Å². The van der Waals surface area contributed by atoms with Crippen LogP contribution in [0.3, 0.4) is 0 Å². The Morgan fingerprint density at radius 1 is 1.41 bits per heavy atom. The predicted molar refractivity (Wildman–Crippen MR) is 85.8 cm³/mol. The molecule has 2 heterocycles. The van der Waals surface area contributed by atoms with Crippen molar-refractivity contribution in [3.63, 3.8) is 0 Å². The van der Waals surface area contributed by atoms with Gasteiger partial charge in [-0.25, -0.2) is 0 Å². The molecule has 2 amide bonds. The minimum atomic E-state index is -0.439. The highest BCUT2D eigenvalue weighted by Crippen LogP contribution is 2.47. The number of carbonyl (C=O) groups is 3. The van der Waals surface area contributed by atoms with Gasteiger partial charge in [0.1, 0.15) is 6.04 Å². The number of nitrogens with one attached hydrogen (secondary N) is 1. The number of fused-ring (bicyclic) bond motifs is 1. The summed E-state index contributed by atoms with van der Waals surface area (Å²) >= 11 is 1.66. The van der Waals surface area contributed by atoms with E-state index in [2.05, 4.69) is 5.32 Å². The minimum absolute atomic E-state index is 0.0464. The molecule has 2 fully saturated rings. The van der Waals surface area contributed by atoms with E-state index < -0.39 is 6.04 Å². The maximum absolute atomic E-state index is 12.5. The molecule has 0 spiro atoms. The average Bonchev–Trinajstić information content (AvgIpc) is 2.96. The second-order valence-electron chi connectivity index (χ2n) is 5.89. The molecule has 2 aliphatic heterocycles. The summed E-state index contributed by atoms with van der Waals surface area (Å²) in [6.45, 7) is 3.51. The molecule has 0 radical (unpaired) electrons. The van der Waals surface area contributed by atoms with Crippen LogP contribution in [-0.4, -0.2) is 39.2 Å². The van der Waals surface area contributed by atoms with Crippen LogP contribution in [0.15, 0.2) is 24.3 Å². The van der Waals surface area contributed by atoms with Gasteiger partial charge in [-0.15, -0.1) is 11.8 Å². The third kappa shape index (κ3) is 2.52. The highest BCUT2D eigenvalue weighted by atomic mass is 32.2. The fourth-order valence-electron chi connectivity index (χ4n) is 3.06. The van der Waals surface area contributed by atoms with Gasteiger partial charge in [0.2, 0.25) is 11.8 Å². The number of hydrogen-bond acceptors (Lipinski definition) is 4. The predicted octanol–water partition coefficient (Wildman–Crippen LogP) is 2.28. The molecule has 0 bridgehead atoms. The number of benzene rings is 1. The van der Waals surface area contributed by atoms with Crippen LogP contribution >= 0.6 is 11.8 Å². The summed E-state index contributed by atoms with van der Waals surface area (Å²) in [4.78, 5) is 37.5. The molecule has 2 saturated heterocycles. The van der Waals surface area contributed by atoms with Crippen molar-refractivity contribution < 1.29 is 14.4 Å². The Morgan fingerprint density at radius 3 is 2.91 bits per heavy atom. The molecule has 116 valence electrons. The molecule has 5 nitrogen and oxygen atoms in total. The fraction of sp³-hybridized carbons (Fsp3) is 0.438. The van der Waals surface area contributed by atoms with Gasteiger partial charge in [-0.3, -0.25) is 14.4 Å². The SMILES string of the molecule is CC(=O)c1cccc(NC(=O)[C@H]2CS[C@]3(C)CCC(=O)N23)c1. The van der Waals surface area contributed by atoms with Gasteiger partial charge in [0.05, 0.1) is 4.87 Å². The molecule has 1 N–H and O–H groups in total. The molecule has 1 aromatic carbocycles. The van der Waals surface area contributed by atoms with Crippen LogP contribution in [0, 0.1) is 0 Å². The first-order valence-corrected chi connectivity index (χ1v) is 8.27. The van der Waals surface area contributed by atoms with Gasteiger partial charge in [0, 0.05) is 23.4 Å². The lowest BCUT2D eigenvalue weighted by Gasteiger charge is -2.29. The lowest BCUT2D eigenvalue weighted by atomic mass is 10.1. The van der Waals surface area contributed by atoms with Crippen molar-refractivity contribution in [2.45, 2.75) is 37.6 Å². The molecule has 6 heteroatoms. The first kappa shape index (κ1) is 15.1. The summed E-state index contributed by atoms with van der Waals surface area (Å²) in [5, 5.41) is 2.83. The summed E-state index contributed by atoms with van der Waals surface area (Å²) in [6.07, 6.45) is 1.30. The quantitative estimate of drug-likeness (QED) is 0.868. The smallest absolute Gasteiger partial charge is 0.248 e. The van der Waals surface area contributed by atoms with Gasteiger partial charge in [-0.05, 0) is 32.4 Å². The van der Waals surface area contributed by atoms with E-state index in [4.69, 9.17) is 0 Å². The number of thioether (sulfide) groups is 1. The van der Waals surface area contributed by atoms with Crippen LogP contribution in [0.1, 0.15) is 37.0 Å². The number of carbonyl (C=O) groups excluding carboxylic acids is 3. The zero-order valence-electron chi connectivity index (χ0n) is 12.6. The van der Waals surface area contributed by atoms with Gasteiger partial charge in [0.25, 0.3) is 0 Å². The highest BCUT2D eigenvalue weighted by Gasteiger charge is 2.52. The Morgan fingerprint density at radius 2 is 2.18 bits per heavy atom. The summed E-state index contributed by atoms with van der Waals surface area (Å²) < 4.78 is 0. The fourth-order valence-corrected chi connectivity index (χ4v) is 4.49. The molecule has 0 saturated carbocycles. The van der Waals surface area contributed by atoms with Gasteiger partial charge in [-0.1, -0.05) is 12.1 Å². The molecule has 0 unspecified atom stereocenters. The van der Waals surface area contributed by atoms with Gasteiger partial charge in [-0.2, -0.15) is 0 Å². The van der Waals surface area contributed by atoms with Crippen molar-refractivity contribution in [3.05, 3.63) is 29.8 Å². The van der Waals surface area contributed by atoms with Crippen LogP contribution < -0.4 is 5.32 Å². The van der Waals surface area contributed by atoms with Gasteiger partial charge >= 0.3 is 0 Å².